The maximum absolute atomic E-state index is 13.4. The van der Waals surface area contributed by atoms with Crippen LogP contribution in [0.2, 0.25) is 0 Å². The number of amides is 2. The summed E-state index contributed by atoms with van der Waals surface area (Å²) in [6.07, 6.45) is 2.12. The SMILES string of the molecule is CCCNC(=O)[C@@H](C)N(Cc1ccc(F)cc1)C(=O)CCCN(c1ccccc1OCC)S(C)(=O)=O. The van der Waals surface area contributed by atoms with Gasteiger partial charge >= 0.3 is 0 Å². The number of nitrogens with one attached hydrogen (secondary N) is 1. The summed E-state index contributed by atoms with van der Waals surface area (Å²) in [6.45, 7) is 6.46. The number of carbonyl (C=O) groups excluding carboxylic acids is 2. The number of ether oxygens (including phenoxy) is 1. The number of nitrogens with zero attached hydrogens (tertiary/aromatic N) is 2. The zero-order chi connectivity index (χ0) is 26.7. The van der Waals surface area contributed by atoms with Gasteiger partial charge in [-0.2, -0.15) is 0 Å². The van der Waals surface area contributed by atoms with E-state index in [1.165, 1.54) is 21.3 Å². The fraction of sp³-hybridized carbons (Fsp3) is 0.462. The predicted octanol–water partition coefficient (Wildman–Crippen LogP) is 3.71. The molecule has 2 amide bonds. The molecule has 0 unspecified atom stereocenters. The Morgan fingerprint density at radius 2 is 1.75 bits per heavy atom. The lowest BCUT2D eigenvalue weighted by Gasteiger charge is -2.29. The molecule has 0 fully saturated rings. The zero-order valence-corrected chi connectivity index (χ0v) is 22.2. The molecule has 1 N–H and O–H groups in total. The number of sulfonamides is 1. The molecule has 2 aromatic carbocycles. The molecule has 8 nitrogen and oxygen atoms in total. The molecule has 0 saturated heterocycles. The number of hydrogen-bond donors (Lipinski definition) is 1. The molecule has 1 atom stereocenters. The molecule has 0 aromatic heterocycles. The maximum Gasteiger partial charge on any atom is 0.242 e. The maximum atomic E-state index is 13.4. The lowest BCUT2D eigenvalue weighted by molar-refractivity contribution is -0.140. The highest BCUT2D eigenvalue weighted by molar-refractivity contribution is 7.92. The molecule has 0 aliphatic heterocycles. The molecule has 0 aliphatic carbocycles. The standard InChI is InChI=1S/C26H36FN3O5S/c1-5-17-28-26(32)20(3)29(19-21-13-15-22(27)16-14-21)25(31)12-9-18-30(36(4,33)34)23-10-7-8-11-24(23)35-6-2/h7-8,10-11,13-16,20H,5-6,9,12,17-19H2,1-4H3,(H,28,32)/t20-/m1/s1. The first kappa shape index (κ1) is 29.1. The normalized spacial score (nSPS) is 12.0. The smallest absolute Gasteiger partial charge is 0.242 e. The van der Waals surface area contributed by atoms with Crippen LogP contribution in [0, 0.1) is 5.82 Å². The van der Waals surface area contributed by atoms with E-state index >= 15 is 0 Å². The van der Waals surface area contributed by atoms with Gasteiger partial charge in [0, 0.05) is 26.1 Å². The van der Waals surface area contributed by atoms with Crippen LogP contribution in [0.25, 0.3) is 0 Å². The monoisotopic (exact) mass is 521 g/mol. The molecular formula is C26H36FN3O5S. The first-order valence-corrected chi connectivity index (χ1v) is 13.9. The molecule has 0 saturated carbocycles. The second-order valence-corrected chi connectivity index (χ2v) is 10.4. The van der Waals surface area contributed by atoms with Gasteiger partial charge in [0.05, 0.1) is 18.6 Å². The second-order valence-electron chi connectivity index (χ2n) is 8.45. The highest BCUT2D eigenvalue weighted by Gasteiger charge is 2.27. The Labute approximate surface area is 213 Å². The number of benzene rings is 2. The van der Waals surface area contributed by atoms with Crippen LogP contribution in [-0.4, -0.2) is 57.1 Å². The van der Waals surface area contributed by atoms with E-state index in [-0.39, 0.29) is 37.7 Å². The van der Waals surface area contributed by atoms with Crippen LogP contribution in [0.3, 0.4) is 0 Å². The molecule has 0 spiro atoms. The van der Waals surface area contributed by atoms with Crippen molar-refractivity contribution in [3.8, 4) is 5.75 Å². The Morgan fingerprint density at radius 3 is 2.36 bits per heavy atom. The van der Waals surface area contributed by atoms with Crippen LogP contribution in [0.4, 0.5) is 10.1 Å². The Bertz CT molecular complexity index is 1110. The molecule has 0 aliphatic rings. The summed E-state index contributed by atoms with van der Waals surface area (Å²) >= 11 is 0. The summed E-state index contributed by atoms with van der Waals surface area (Å²) in [5.41, 5.74) is 1.09. The summed E-state index contributed by atoms with van der Waals surface area (Å²) in [5, 5.41) is 2.80. The molecule has 10 heteroatoms. The van der Waals surface area contributed by atoms with Crippen LogP contribution >= 0.6 is 0 Å². The Balaban J connectivity index is 2.18. The van der Waals surface area contributed by atoms with E-state index in [0.717, 1.165) is 12.7 Å². The lowest BCUT2D eigenvalue weighted by Crippen LogP contribution is -2.47. The molecule has 0 bridgehead atoms. The van der Waals surface area contributed by atoms with Crippen molar-refractivity contribution in [2.75, 3.05) is 30.3 Å². The largest absolute Gasteiger partial charge is 0.492 e. The van der Waals surface area contributed by atoms with Gasteiger partial charge in [0.1, 0.15) is 17.6 Å². The first-order valence-electron chi connectivity index (χ1n) is 12.1. The number of hydrogen-bond acceptors (Lipinski definition) is 5. The van der Waals surface area contributed by atoms with E-state index in [1.54, 1.807) is 43.3 Å². The molecule has 0 heterocycles. The Morgan fingerprint density at radius 1 is 1.08 bits per heavy atom. The average molecular weight is 522 g/mol. The number of para-hydroxylation sites is 2. The van der Waals surface area contributed by atoms with Gasteiger partial charge in [0.2, 0.25) is 21.8 Å². The fourth-order valence-corrected chi connectivity index (χ4v) is 4.66. The van der Waals surface area contributed by atoms with Crippen LogP contribution in [0.5, 0.6) is 5.75 Å². The zero-order valence-electron chi connectivity index (χ0n) is 21.4. The average Bonchev–Trinajstić information content (AvgIpc) is 2.84. The van der Waals surface area contributed by atoms with Crippen molar-refractivity contribution < 1.29 is 27.1 Å². The lowest BCUT2D eigenvalue weighted by atomic mass is 10.1. The molecular weight excluding hydrogens is 485 g/mol. The summed E-state index contributed by atoms with van der Waals surface area (Å²) < 4.78 is 45.3. The number of anilines is 1. The minimum Gasteiger partial charge on any atom is -0.492 e. The summed E-state index contributed by atoms with van der Waals surface area (Å²) in [6, 6.07) is 11.8. The minimum absolute atomic E-state index is 0.0232. The van der Waals surface area contributed by atoms with Crippen molar-refractivity contribution in [3.05, 3.63) is 59.9 Å². The number of halogens is 1. The van der Waals surface area contributed by atoms with Gasteiger partial charge in [0.25, 0.3) is 0 Å². The van der Waals surface area contributed by atoms with Gasteiger partial charge in [0.15, 0.2) is 0 Å². The summed E-state index contributed by atoms with van der Waals surface area (Å²) in [5.74, 6) is -0.532. The number of carbonyl (C=O) groups is 2. The van der Waals surface area contributed by atoms with E-state index < -0.39 is 21.9 Å². The van der Waals surface area contributed by atoms with E-state index in [0.29, 0.717) is 30.2 Å². The van der Waals surface area contributed by atoms with Gasteiger partial charge in [-0.05, 0) is 56.5 Å². The van der Waals surface area contributed by atoms with Crippen LogP contribution < -0.4 is 14.4 Å². The van der Waals surface area contributed by atoms with E-state index in [1.807, 2.05) is 13.8 Å². The van der Waals surface area contributed by atoms with Crippen LogP contribution in [0.15, 0.2) is 48.5 Å². The van der Waals surface area contributed by atoms with Crippen molar-refractivity contribution in [3.63, 3.8) is 0 Å². The van der Waals surface area contributed by atoms with Gasteiger partial charge in [-0.25, -0.2) is 12.8 Å². The highest BCUT2D eigenvalue weighted by atomic mass is 32.2. The Kier molecular flexibility index (Phi) is 11.2. The molecule has 36 heavy (non-hydrogen) atoms. The van der Waals surface area contributed by atoms with E-state index in [2.05, 4.69) is 5.32 Å². The van der Waals surface area contributed by atoms with Gasteiger partial charge in [-0.1, -0.05) is 31.2 Å². The topological polar surface area (TPSA) is 96.0 Å². The summed E-state index contributed by atoms with van der Waals surface area (Å²) in [4.78, 5) is 27.3. The van der Waals surface area contributed by atoms with Gasteiger partial charge in [-0.15, -0.1) is 0 Å². The number of rotatable bonds is 14. The van der Waals surface area contributed by atoms with E-state index in [9.17, 15) is 22.4 Å². The van der Waals surface area contributed by atoms with Crippen molar-refractivity contribution >= 4 is 27.5 Å². The van der Waals surface area contributed by atoms with Crippen molar-refractivity contribution in [1.82, 2.24) is 10.2 Å². The highest BCUT2D eigenvalue weighted by Crippen LogP contribution is 2.30. The second kappa shape index (κ2) is 13.8. The third-order valence-electron chi connectivity index (χ3n) is 5.57. The first-order chi connectivity index (χ1) is 17.1. The predicted molar refractivity (Wildman–Crippen MR) is 139 cm³/mol. The summed E-state index contributed by atoms with van der Waals surface area (Å²) in [7, 11) is -3.64. The van der Waals surface area contributed by atoms with E-state index in [4.69, 9.17) is 4.74 Å². The molecule has 2 rings (SSSR count). The minimum atomic E-state index is -3.64. The van der Waals surface area contributed by atoms with Crippen LogP contribution in [0.1, 0.15) is 45.6 Å². The quantitative estimate of drug-likeness (QED) is 0.409. The third-order valence-corrected chi connectivity index (χ3v) is 6.75. The Hall–Kier alpha value is -3.14. The van der Waals surface area contributed by atoms with Crippen molar-refractivity contribution in [2.24, 2.45) is 0 Å². The van der Waals surface area contributed by atoms with Crippen LogP contribution in [-0.2, 0) is 26.2 Å². The molecule has 198 valence electrons. The van der Waals surface area contributed by atoms with Gasteiger partial charge < -0.3 is 15.0 Å². The van der Waals surface area contributed by atoms with Gasteiger partial charge in [-0.3, -0.25) is 13.9 Å². The van der Waals surface area contributed by atoms with Crippen molar-refractivity contribution in [1.29, 1.82) is 0 Å². The van der Waals surface area contributed by atoms with Crippen molar-refractivity contribution in [2.45, 2.75) is 52.6 Å². The molecule has 2 aromatic rings. The molecule has 0 radical (unpaired) electrons. The fourth-order valence-electron chi connectivity index (χ4n) is 3.69. The third kappa shape index (κ3) is 8.51.